The lowest BCUT2D eigenvalue weighted by atomic mass is 10.2. The van der Waals surface area contributed by atoms with Crippen molar-refractivity contribution in [2.75, 3.05) is 24.6 Å². The van der Waals surface area contributed by atoms with E-state index < -0.39 is 7.26 Å². The van der Waals surface area contributed by atoms with Gasteiger partial charge in [-0.25, -0.2) is 0 Å². The number of hydrogen-bond acceptors (Lipinski definition) is 0. The van der Waals surface area contributed by atoms with Gasteiger partial charge in [-0.2, -0.15) is 0 Å². The van der Waals surface area contributed by atoms with Crippen molar-refractivity contribution in [3.05, 3.63) is 0 Å². The molecule has 19 heavy (non-hydrogen) atoms. The van der Waals surface area contributed by atoms with Crippen molar-refractivity contribution >= 4 is 7.26 Å². The van der Waals surface area contributed by atoms with Crippen LogP contribution >= 0.6 is 7.26 Å². The van der Waals surface area contributed by atoms with Crippen LogP contribution in [0.2, 0.25) is 0 Å². The first kappa shape index (κ1) is 19.4. The average molecular weight is 287 g/mol. The monoisotopic (exact) mass is 287 g/mol. The largest absolute Gasteiger partial charge is 0.0654 e. The van der Waals surface area contributed by atoms with E-state index in [-0.39, 0.29) is 0 Å². The highest BCUT2D eigenvalue weighted by atomic mass is 31.2. The molecule has 0 rings (SSSR count). The van der Waals surface area contributed by atoms with E-state index in [1.54, 1.807) is 18.5 Å². The van der Waals surface area contributed by atoms with Crippen LogP contribution in [0.5, 0.6) is 0 Å². The van der Waals surface area contributed by atoms with E-state index in [9.17, 15) is 0 Å². The fourth-order valence-electron chi connectivity index (χ4n) is 3.05. The van der Waals surface area contributed by atoms with E-state index in [4.69, 9.17) is 0 Å². The van der Waals surface area contributed by atoms with Gasteiger partial charge in [0.05, 0.1) is 24.6 Å². The van der Waals surface area contributed by atoms with Gasteiger partial charge in [0.2, 0.25) is 0 Å². The zero-order valence-electron chi connectivity index (χ0n) is 14.3. The number of hydrogen-bond donors (Lipinski definition) is 0. The molecule has 1 atom stereocenters. The fourth-order valence-corrected chi connectivity index (χ4v) is 7.45. The topological polar surface area (TPSA) is 0 Å². The van der Waals surface area contributed by atoms with Crippen molar-refractivity contribution in [3.63, 3.8) is 0 Å². The molecule has 116 valence electrons. The minimum atomic E-state index is -0.572. The van der Waals surface area contributed by atoms with E-state index >= 15 is 0 Å². The summed E-state index contributed by atoms with van der Waals surface area (Å²) in [6.07, 6.45) is 20.9. The summed E-state index contributed by atoms with van der Waals surface area (Å²) in [5, 5.41) is 0. The van der Waals surface area contributed by atoms with E-state index in [2.05, 4.69) is 27.7 Å². The van der Waals surface area contributed by atoms with Crippen LogP contribution in [0, 0.1) is 0 Å². The van der Waals surface area contributed by atoms with Crippen molar-refractivity contribution in [2.45, 2.75) is 91.9 Å². The molecule has 0 N–H and O–H groups in total. The van der Waals surface area contributed by atoms with Gasteiger partial charge in [0, 0.05) is 7.26 Å². The maximum atomic E-state index is 2.49. The van der Waals surface area contributed by atoms with Crippen molar-refractivity contribution < 1.29 is 0 Å². The molecule has 0 aromatic rings. The van der Waals surface area contributed by atoms with Crippen LogP contribution in [0.1, 0.15) is 91.9 Å². The second-order valence-corrected chi connectivity index (χ2v) is 11.0. The summed E-state index contributed by atoms with van der Waals surface area (Å²) >= 11 is 0. The third-order valence-electron chi connectivity index (χ3n) is 4.63. The van der Waals surface area contributed by atoms with Crippen molar-refractivity contribution in [3.8, 4) is 0 Å². The molecular weight excluding hydrogens is 247 g/mol. The molecule has 0 nitrogen and oxygen atoms in total. The van der Waals surface area contributed by atoms with Crippen LogP contribution in [0.25, 0.3) is 0 Å². The van der Waals surface area contributed by atoms with Gasteiger partial charge in [0.15, 0.2) is 0 Å². The Balaban J connectivity index is 4.11. The minimum Gasteiger partial charge on any atom is -0.0654 e. The van der Waals surface area contributed by atoms with Crippen molar-refractivity contribution in [2.24, 2.45) is 0 Å². The second-order valence-electron chi connectivity index (χ2n) is 6.30. The smallest absolute Gasteiger partial charge is 0.0594 e. The predicted octanol–water partition coefficient (Wildman–Crippen LogP) is 6.98. The molecule has 1 unspecified atom stereocenters. The third-order valence-corrected chi connectivity index (χ3v) is 9.77. The molecule has 0 saturated carbocycles. The predicted molar refractivity (Wildman–Crippen MR) is 95.3 cm³/mol. The third kappa shape index (κ3) is 9.89. The lowest BCUT2D eigenvalue weighted by Crippen LogP contribution is -2.11. The zero-order chi connectivity index (χ0) is 14.4. The number of unbranched alkanes of at least 4 members (excludes halogenated alkanes) is 7. The van der Waals surface area contributed by atoms with Crippen LogP contribution in [0.3, 0.4) is 0 Å². The molecule has 0 aromatic heterocycles. The lowest BCUT2D eigenvalue weighted by molar-refractivity contribution is 0.656. The van der Waals surface area contributed by atoms with Crippen LogP contribution in [0.4, 0.5) is 0 Å². The summed E-state index contributed by atoms with van der Waals surface area (Å²) in [4.78, 5) is 0. The van der Waals surface area contributed by atoms with Gasteiger partial charge in [-0.05, 0) is 32.6 Å². The Morgan fingerprint density at radius 2 is 0.895 bits per heavy atom. The fraction of sp³-hybridized carbons (Fsp3) is 1.00. The first-order valence-electron chi connectivity index (χ1n) is 9.09. The van der Waals surface area contributed by atoms with Crippen LogP contribution in [-0.2, 0) is 0 Å². The van der Waals surface area contributed by atoms with Crippen LogP contribution in [0.15, 0.2) is 0 Å². The van der Waals surface area contributed by atoms with Gasteiger partial charge in [-0.3, -0.25) is 0 Å². The Hall–Kier alpha value is 0.430. The summed E-state index contributed by atoms with van der Waals surface area (Å²) < 4.78 is 0. The highest BCUT2D eigenvalue weighted by molar-refractivity contribution is 7.75. The van der Waals surface area contributed by atoms with Gasteiger partial charge >= 0.3 is 0 Å². The summed E-state index contributed by atoms with van der Waals surface area (Å²) in [7, 11) is -0.572. The molecule has 0 spiro atoms. The standard InChI is InChI=1S/C18H40P/c1-5-9-12-13-15-18-19(8-4,16-11-7-3)17-14-10-6-2/h5-18H2,1-4H3/q+1. The average Bonchev–Trinajstić information content (AvgIpc) is 2.44. The van der Waals surface area contributed by atoms with Crippen molar-refractivity contribution in [1.82, 2.24) is 0 Å². The Morgan fingerprint density at radius 3 is 1.42 bits per heavy atom. The Kier molecular flexibility index (Phi) is 13.7. The van der Waals surface area contributed by atoms with E-state index in [0.29, 0.717) is 0 Å². The van der Waals surface area contributed by atoms with Crippen LogP contribution in [-0.4, -0.2) is 24.6 Å². The summed E-state index contributed by atoms with van der Waals surface area (Å²) in [6, 6.07) is 0. The first-order chi connectivity index (χ1) is 9.24. The first-order valence-corrected chi connectivity index (χ1v) is 11.6. The molecular formula is C18H40P+. The van der Waals surface area contributed by atoms with Gasteiger partial charge < -0.3 is 0 Å². The molecule has 0 amide bonds. The maximum Gasteiger partial charge on any atom is 0.0594 e. The van der Waals surface area contributed by atoms with E-state index in [1.165, 1.54) is 70.4 Å². The Labute approximate surface area is 124 Å². The Bertz CT molecular complexity index is 179. The second kappa shape index (κ2) is 13.4. The summed E-state index contributed by atoms with van der Waals surface area (Å²) in [6.45, 7) is 9.50. The maximum absolute atomic E-state index is 2.49. The zero-order valence-corrected chi connectivity index (χ0v) is 15.2. The van der Waals surface area contributed by atoms with Gasteiger partial charge in [0.1, 0.15) is 0 Å². The van der Waals surface area contributed by atoms with Crippen LogP contribution < -0.4 is 0 Å². The summed E-state index contributed by atoms with van der Waals surface area (Å²) in [5.74, 6) is 0. The molecule has 0 bridgehead atoms. The highest BCUT2D eigenvalue weighted by Gasteiger charge is 2.33. The SMILES string of the molecule is CCCCCCC[P+](CC)(CCCC)CCCCC. The minimum absolute atomic E-state index is 0.572. The molecule has 0 radical (unpaired) electrons. The number of rotatable bonds is 14. The quantitative estimate of drug-likeness (QED) is 0.239. The van der Waals surface area contributed by atoms with Gasteiger partial charge in [-0.15, -0.1) is 0 Å². The molecule has 0 aromatic carbocycles. The van der Waals surface area contributed by atoms with E-state index in [0.717, 1.165) is 0 Å². The normalized spacial score (nSPS) is 14.5. The Morgan fingerprint density at radius 1 is 0.474 bits per heavy atom. The molecule has 0 saturated heterocycles. The summed E-state index contributed by atoms with van der Waals surface area (Å²) in [5.41, 5.74) is 0. The molecule has 0 aliphatic heterocycles. The molecule has 0 heterocycles. The van der Waals surface area contributed by atoms with E-state index in [1.807, 2.05) is 0 Å². The molecule has 1 heteroatoms. The molecule has 0 aliphatic rings. The molecule has 0 aliphatic carbocycles. The van der Waals surface area contributed by atoms with Gasteiger partial charge in [0.25, 0.3) is 0 Å². The molecule has 0 fully saturated rings. The highest BCUT2D eigenvalue weighted by Crippen LogP contribution is 2.60. The van der Waals surface area contributed by atoms with Gasteiger partial charge in [-0.1, -0.05) is 59.3 Å². The lowest BCUT2D eigenvalue weighted by Gasteiger charge is -2.26. The van der Waals surface area contributed by atoms with Crippen molar-refractivity contribution in [1.29, 1.82) is 0 Å².